The highest BCUT2D eigenvalue weighted by molar-refractivity contribution is 7.33. The van der Waals surface area contributed by atoms with Gasteiger partial charge in [0, 0.05) is 13.1 Å². The highest BCUT2D eigenvalue weighted by Gasteiger charge is 2.19. The first-order valence-electron chi connectivity index (χ1n) is 12.9. The van der Waals surface area contributed by atoms with Gasteiger partial charge in [0.05, 0.1) is 54.5 Å². The maximum absolute atomic E-state index is 11.8. The zero-order valence-corrected chi connectivity index (χ0v) is 25.1. The average Bonchev–Trinajstić information content (AvgIpc) is 2.77. The SMILES string of the molecule is CCCCCO[PH](=O)OCC[N+](C)(C)CCN(C)CC[N+](C)(C)CCO[PH](=O)OCCCCC. The lowest BCUT2D eigenvalue weighted by atomic mass is 10.3. The molecule has 0 aliphatic carbocycles. The molecule has 0 saturated heterocycles. The smallest absolute Gasteiger partial charge is 0.319 e. The van der Waals surface area contributed by atoms with Crippen molar-refractivity contribution in [2.75, 3.05) is 101 Å². The van der Waals surface area contributed by atoms with Gasteiger partial charge in [-0.05, 0) is 19.9 Å². The third-order valence-corrected chi connectivity index (χ3v) is 7.70. The van der Waals surface area contributed by atoms with Gasteiger partial charge in [-0.3, -0.25) is 14.0 Å². The lowest BCUT2D eigenvalue weighted by molar-refractivity contribution is -0.892. The lowest BCUT2D eigenvalue weighted by Gasteiger charge is -2.34. The Morgan fingerprint density at radius 3 is 1.29 bits per heavy atom. The number of quaternary nitrogens is 2. The van der Waals surface area contributed by atoms with E-state index in [9.17, 15) is 9.13 Å². The molecule has 206 valence electrons. The van der Waals surface area contributed by atoms with Gasteiger partial charge in [0.15, 0.2) is 0 Å². The van der Waals surface area contributed by atoms with Gasteiger partial charge in [0.1, 0.15) is 26.3 Å². The Hall–Kier alpha value is 0.180. The summed E-state index contributed by atoms with van der Waals surface area (Å²) >= 11 is 0. The van der Waals surface area contributed by atoms with Crippen LogP contribution in [0.2, 0.25) is 0 Å². The van der Waals surface area contributed by atoms with E-state index in [4.69, 9.17) is 18.1 Å². The zero-order chi connectivity index (χ0) is 25.9. The second kappa shape index (κ2) is 20.3. The van der Waals surface area contributed by atoms with Crippen molar-refractivity contribution in [3.05, 3.63) is 0 Å². The van der Waals surface area contributed by atoms with Crippen molar-refractivity contribution in [2.45, 2.75) is 52.4 Å². The molecule has 34 heavy (non-hydrogen) atoms. The number of hydrogen-bond donors (Lipinski definition) is 0. The van der Waals surface area contributed by atoms with Gasteiger partial charge >= 0.3 is 16.5 Å². The molecular weight excluding hydrogens is 476 g/mol. The number of rotatable bonds is 24. The van der Waals surface area contributed by atoms with E-state index in [1.165, 1.54) is 0 Å². The summed E-state index contributed by atoms with van der Waals surface area (Å²) in [4.78, 5) is 2.33. The second-order valence-electron chi connectivity index (χ2n) is 10.4. The molecule has 2 unspecified atom stereocenters. The van der Waals surface area contributed by atoms with Crippen LogP contribution in [0, 0.1) is 0 Å². The van der Waals surface area contributed by atoms with Gasteiger partial charge in [0.25, 0.3) is 0 Å². The molecule has 0 spiro atoms. The Balaban J connectivity index is 3.98. The second-order valence-corrected chi connectivity index (χ2v) is 12.5. The van der Waals surface area contributed by atoms with Gasteiger partial charge in [0.2, 0.25) is 0 Å². The Morgan fingerprint density at radius 1 is 0.588 bits per heavy atom. The predicted octanol–water partition coefficient (Wildman–Crippen LogP) is 4.30. The minimum Gasteiger partial charge on any atom is -0.325 e. The number of likely N-dealkylation sites (N-methyl/N-ethyl adjacent to an activating group) is 3. The fourth-order valence-corrected chi connectivity index (χ4v) is 4.37. The first kappa shape index (κ1) is 34.2. The Labute approximate surface area is 211 Å². The molecule has 0 N–H and O–H groups in total. The van der Waals surface area contributed by atoms with Crippen LogP contribution in [-0.4, -0.2) is 115 Å². The van der Waals surface area contributed by atoms with Crippen LogP contribution in [0.5, 0.6) is 0 Å². The minimum atomic E-state index is -2.38. The molecule has 0 saturated carbocycles. The standard InChI is InChI=1S/C23H55N3O6P2/c1-8-10-12-20-29-33(27)31-22-18-25(4,5)16-14-24(3)15-17-26(6,7)19-23-32-34(28)30-21-13-11-9-2/h33-34H,8-23H2,1-7H3/q+2. The fourth-order valence-electron chi connectivity index (χ4n) is 3.07. The van der Waals surface area contributed by atoms with Crippen LogP contribution in [0.1, 0.15) is 52.4 Å². The monoisotopic (exact) mass is 531 g/mol. The summed E-state index contributed by atoms with van der Waals surface area (Å²) in [5, 5.41) is 0. The van der Waals surface area contributed by atoms with Crippen LogP contribution in [-0.2, 0) is 27.2 Å². The molecule has 0 rings (SSSR count). The topological polar surface area (TPSA) is 74.3 Å². The first-order valence-corrected chi connectivity index (χ1v) is 15.4. The Morgan fingerprint density at radius 2 is 0.941 bits per heavy atom. The fraction of sp³-hybridized carbons (Fsp3) is 1.00. The molecule has 11 heteroatoms. The molecule has 0 bridgehead atoms. The molecule has 0 amide bonds. The molecule has 2 atom stereocenters. The molecule has 0 aromatic carbocycles. The van der Waals surface area contributed by atoms with Gasteiger partial charge in [-0.25, -0.2) is 0 Å². The van der Waals surface area contributed by atoms with Crippen molar-refractivity contribution >= 4 is 16.5 Å². The molecule has 0 radical (unpaired) electrons. The van der Waals surface area contributed by atoms with Crippen LogP contribution in [0.15, 0.2) is 0 Å². The van der Waals surface area contributed by atoms with E-state index in [1.54, 1.807) is 0 Å². The summed E-state index contributed by atoms with van der Waals surface area (Å²) in [7, 11) is 6.05. The van der Waals surface area contributed by atoms with Crippen molar-refractivity contribution in [2.24, 2.45) is 0 Å². The van der Waals surface area contributed by atoms with E-state index < -0.39 is 16.5 Å². The third kappa shape index (κ3) is 21.5. The number of unbranched alkanes of at least 4 members (excludes halogenated alkanes) is 4. The van der Waals surface area contributed by atoms with E-state index >= 15 is 0 Å². The van der Waals surface area contributed by atoms with Crippen LogP contribution >= 0.6 is 16.5 Å². The summed E-state index contributed by atoms with van der Waals surface area (Å²) in [5.74, 6) is 0. The van der Waals surface area contributed by atoms with Gasteiger partial charge in [-0.1, -0.05) is 39.5 Å². The summed E-state index contributed by atoms with van der Waals surface area (Å²) in [6.07, 6.45) is 6.28. The summed E-state index contributed by atoms with van der Waals surface area (Å²) in [5.41, 5.74) is 0. The number of nitrogens with zero attached hydrogens (tertiary/aromatic N) is 3. The van der Waals surface area contributed by atoms with Gasteiger partial charge < -0.3 is 27.1 Å². The van der Waals surface area contributed by atoms with E-state index in [2.05, 4.69) is 54.0 Å². The molecule has 0 aromatic heterocycles. The molecule has 0 heterocycles. The summed E-state index contributed by atoms with van der Waals surface area (Å²) < 4.78 is 46.5. The van der Waals surface area contributed by atoms with Crippen LogP contribution in [0.3, 0.4) is 0 Å². The molecule has 0 fully saturated rings. The molecule has 0 aliphatic heterocycles. The van der Waals surface area contributed by atoms with Crippen molar-refractivity contribution in [1.29, 1.82) is 0 Å². The van der Waals surface area contributed by atoms with Crippen LogP contribution < -0.4 is 0 Å². The van der Waals surface area contributed by atoms with Crippen molar-refractivity contribution in [3.8, 4) is 0 Å². The highest BCUT2D eigenvalue weighted by Crippen LogP contribution is 2.25. The largest absolute Gasteiger partial charge is 0.325 e. The molecular formula is C23H55N3O6P2+2. The minimum absolute atomic E-state index is 0.442. The summed E-state index contributed by atoms with van der Waals surface area (Å²) in [6.45, 7) is 11.6. The Kier molecular flexibility index (Phi) is 20.4. The molecule has 0 aromatic rings. The van der Waals surface area contributed by atoms with Crippen molar-refractivity contribution in [1.82, 2.24) is 4.90 Å². The number of hydrogen-bond acceptors (Lipinski definition) is 7. The quantitative estimate of drug-likeness (QED) is 0.104. The maximum Gasteiger partial charge on any atom is 0.319 e. The van der Waals surface area contributed by atoms with E-state index in [0.29, 0.717) is 26.4 Å². The van der Waals surface area contributed by atoms with Crippen molar-refractivity contribution in [3.63, 3.8) is 0 Å². The molecule has 9 nitrogen and oxygen atoms in total. The van der Waals surface area contributed by atoms with E-state index in [-0.39, 0.29) is 0 Å². The highest BCUT2D eigenvalue weighted by atomic mass is 31.1. The van der Waals surface area contributed by atoms with E-state index in [0.717, 1.165) is 86.8 Å². The zero-order valence-electron chi connectivity index (χ0n) is 23.1. The van der Waals surface area contributed by atoms with E-state index in [1.807, 2.05) is 0 Å². The average molecular weight is 532 g/mol. The lowest BCUT2D eigenvalue weighted by Crippen LogP contribution is -2.49. The normalized spacial score (nSPS) is 14.6. The maximum atomic E-state index is 11.8. The predicted molar refractivity (Wildman–Crippen MR) is 142 cm³/mol. The summed E-state index contributed by atoms with van der Waals surface area (Å²) in [6, 6.07) is 0. The van der Waals surface area contributed by atoms with Gasteiger partial charge in [-0.2, -0.15) is 0 Å². The molecule has 0 aliphatic rings. The first-order chi connectivity index (χ1) is 16.0. The van der Waals surface area contributed by atoms with Crippen LogP contribution in [0.25, 0.3) is 0 Å². The van der Waals surface area contributed by atoms with Crippen LogP contribution in [0.4, 0.5) is 0 Å². The third-order valence-electron chi connectivity index (χ3n) is 5.94. The Bertz CT molecular complexity index is 507. The van der Waals surface area contributed by atoms with Gasteiger partial charge in [-0.15, -0.1) is 0 Å². The van der Waals surface area contributed by atoms with Crippen molar-refractivity contribution < 1.29 is 36.2 Å².